The zero-order chi connectivity index (χ0) is 29.0. The van der Waals surface area contributed by atoms with E-state index in [2.05, 4.69) is 62.2 Å². The smallest absolute Gasteiger partial charge is 0.156 e. The number of thioether (sulfide) groups is 1. The maximum atomic E-state index is 10.9. The van der Waals surface area contributed by atoms with Gasteiger partial charge in [0.15, 0.2) is 12.1 Å². The van der Waals surface area contributed by atoms with E-state index in [1.807, 2.05) is 32.0 Å². The number of aldehydes is 1. The Labute approximate surface area is 245 Å². The van der Waals surface area contributed by atoms with Crippen LogP contribution in [0, 0.1) is 19.8 Å². The Bertz CT molecular complexity index is 1490. The van der Waals surface area contributed by atoms with Crippen LogP contribution in [0.25, 0.3) is 10.9 Å². The van der Waals surface area contributed by atoms with E-state index in [0.717, 1.165) is 95.3 Å². The highest BCUT2D eigenvalue weighted by atomic mass is 32.2. The van der Waals surface area contributed by atoms with Crippen LogP contribution in [0.4, 0.5) is 17.5 Å². The topological polar surface area (TPSA) is 109 Å². The van der Waals surface area contributed by atoms with Gasteiger partial charge < -0.3 is 15.0 Å². The molecule has 0 spiro atoms. The Morgan fingerprint density at radius 2 is 1.93 bits per heavy atom. The highest BCUT2D eigenvalue weighted by Gasteiger charge is 2.21. The summed E-state index contributed by atoms with van der Waals surface area (Å²) in [6, 6.07) is 7.96. The van der Waals surface area contributed by atoms with Crippen molar-refractivity contribution in [1.29, 1.82) is 0 Å². The molecule has 0 saturated carbocycles. The number of anilines is 3. The van der Waals surface area contributed by atoms with Gasteiger partial charge in [-0.25, -0.2) is 15.0 Å². The lowest BCUT2D eigenvalue weighted by Crippen LogP contribution is -2.34. The third kappa shape index (κ3) is 7.16. The number of hydrogen-bond donors (Lipinski definition) is 2. The fourth-order valence-corrected chi connectivity index (χ4v) is 6.12. The number of nitrogens with one attached hydrogen (secondary N) is 2. The second-order valence-electron chi connectivity index (χ2n) is 11.7. The van der Waals surface area contributed by atoms with Crippen molar-refractivity contribution in [3.05, 3.63) is 53.6 Å². The number of aryl methyl sites for hydroxylation is 1. The summed E-state index contributed by atoms with van der Waals surface area (Å²) < 4.78 is 6.42. The number of carbonyl (C=O) groups excluding carboxylic acids is 1. The van der Waals surface area contributed by atoms with Gasteiger partial charge in [-0.15, -0.1) is 11.8 Å². The normalized spacial score (nSPS) is 14.4. The number of aromatic nitrogens is 5. The number of fused-ring (bicyclic) bond motifs is 1. The van der Waals surface area contributed by atoms with Gasteiger partial charge in [0.1, 0.15) is 23.7 Å². The molecular formula is C31H39N7O2S. The van der Waals surface area contributed by atoms with Crippen LogP contribution in [0.5, 0.6) is 5.75 Å². The summed E-state index contributed by atoms with van der Waals surface area (Å²) in [5.74, 6) is 4.00. The predicted molar refractivity (Wildman–Crippen MR) is 166 cm³/mol. The first kappa shape index (κ1) is 28.9. The first-order valence-electron chi connectivity index (χ1n) is 14.3. The Morgan fingerprint density at radius 3 is 2.59 bits per heavy atom. The van der Waals surface area contributed by atoms with Gasteiger partial charge in [0.05, 0.1) is 17.0 Å². The number of pyridine rings is 1. The van der Waals surface area contributed by atoms with Gasteiger partial charge in [-0.05, 0) is 63.6 Å². The highest BCUT2D eigenvalue weighted by Crippen LogP contribution is 2.41. The van der Waals surface area contributed by atoms with Crippen LogP contribution in [0.1, 0.15) is 68.1 Å². The van der Waals surface area contributed by atoms with Crippen LogP contribution in [0.3, 0.4) is 0 Å². The standard InChI is InChI=1S/C31H39N7O2S/c1-20-21(2)36-37-29(20)35-30-24-15-27(41-31(3,4)5)26(16-25(24)33-19-34-30)40-14-6-7-22-10-12-38(13-11-22)28-9-8-23(18-39)17-32-28/h8-9,15-19,22H,6-7,10-14H2,1-5H3,(H2,33,34,35,36,37). The molecule has 0 aliphatic carbocycles. The van der Waals surface area contributed by atoms with E-state index in [1.54, 1.807) is 24.3 Å². The largest absolute Gasteiger partial charge is 0.492 e. The van der Waals surface area contributed by atoms with Crippen molar-refractivity contribution in [3.8, 4) is 5.75 Å². The van der Waals surface area contributed by atoms with Crippen molar-refractivity contribution in [2.75, 3.05) is 29.9 Å². The number of carbonyl (C=O) groups is 1. The summed E-state index contributed by atoms with van der Waals surface area (Å²) in [4.78, 5) is 27.8. The number of piperidine rings is 1. The Morgan fingerprint density at radius 1 is 1.12 bits per heavy atom. The fraction of sp³-hybridized carbons (Fsp3) is 0.452. The SMILES string of the molecule is Cc1[nH]nc(Nc2ncnc3cc(OCCCC4CCN(c5ccc(C=O)cn5)CC4)c(SC(C)(C)C)cc23)c1C. The molecular weight excluding hydrogens is 534 g/mol. The molecule has 3 aromatic heterocycles. The molecule has 216 valence electrons. The fourth-order valence-electron chi connectivity index (χ4n) is 5.06. The van der Waals surface area contributed by atoms with E-state index >= 15 is 0 Å². The summed E-state index contributed by atoms with van der Waals surface area (Å²) in [7, 11) is 0. The molecule has 5 rings (SSSR count). The maximum absolute atomic E-state index is 10.9. The molecule has 1 aromatic carbocycles. The number of hydrogen-bond acceptors (Lipinski definition) is 9. The van der Waals surface area contributed by atoms with Crippen LogP contribution in [0.2, 0.25) is 0 Å². The monoisotopic (exact) mass is 573 g/mol. The average molecular weight is 574 g/mol. The summed E-state index contributed by atoms with van der Waals surface area (Å²) in [5.41, 5.74) is 3.54. The van der Waals surface area contributed by atoms with Crippen molar-refractivity contribution < 1.29 is 9.53 Å². The molecule has 0 radical (unpaired) electrons. The number of ether oxygens (including phenoxy) is 1. The van der Waals surface area contributed by atoms with Gasteiger partial charge in [-0.1, -0.05) is 20.8 Å². The van der Waals surface area contributed by atoms with Crippen molar-refractivity contribution in [1.82, 2.24) is 25.1 Å². The number of H-pyrrole nitrogens is 1. The zero-order valence-corrected chi connectivity index (χ0v) is 25.3. The Kier molecular flexibility index (Phi) is 8.77. The molecule has 0 atom stereocenters. The summed E-state index contributed by atoms with van der Waals surface area (Å²) in [6.07, 6.45) is 8.48. The molecule has 41 heavy (non-hydrogen) atoms. The summed E-state index contributed by atoms with van der Waals surface area (Å²) >= 11 is 1.79. The molecule has 0 amide bonds. The van der Waals surface area contributed by atoms with E-state index in [0.29, 0.717) is 18.1 Å². The lowest BCUT2D eigenvalue weighted by molar-refractivity contribution is 0.112. The van der Waals surface area contributed by atoms with E-state index in [9.17, 15) is 4.79 Å². The number of rotatable bonds is 10. The third-order valence-corrected chi connectivity index (χ3v) is 8.62. The van der Waals surface area contributed by atoms with Crippen LogP contribution in [-0.2, 0) is 0 Å². The van der Waals surface area contributed by atoms with Crippen LogP contribution >= 0.6 is 11.8 Å². The molecule has 9 nitrogen and oxygen atoms in total. The Hall–Kier alpha value is -3.66. The van der Waals surface area contributed by atoms with Crippen LogP contribution in [-0.4, -0.2) is 55.9 Å². The minimum absolute atomic E-state index is 0.0152. The molecule has 1 aliphatic rings. The third-order valence-electron chi connectivity index (χ3n) is 7.47. The zero-order valence-electron chi connectivity index (χ0n) is 24.5. The first-order valence-corrected chi connectivity index (χ1v) is 15.1. The van der Waals surface area contributed by atoms with Gasteiger partial charge in [-0.3, -0.25) is 9.89 Å². The average Bonchev–Trinajstić information content (AvgIpc) is 3.27. The minimum Gasteiger partial charge on any atom is -0.492 e. The number of benzene rings is 1. The van der Waals surface area contributed by atoms with Crippen LogP contribution < -0.4 is 15.0 Å². The Balaban J connectivity index is 1.22. The summed E-state index contributed by atoms with van der Waals surface area (Å²) in [6.45, 7) is 13.3. The second kappa shape index (κ2) is 12.5. The molecule has 2 N–H and O–H groups in total. The second-order valence-corrected chi connectivity index (χ2v) is 13.6. The molecule has 1 aliphatic heterocycles. The van der Waals surface area contributed by atoms with Crippen LogP contribution in [0.15, 0.2) is 41.7 Å². The van der Waals surface area contributed by atoms with Crippen molar-refractivity contribution >= 4 is 46.4 Å². The molecule has 0 bridgehead atoms. The number of aromatic amines is 1. The molecule has 0 unspecified atom stereocenters. The van der Waals surface area contributed by atoms with Gasteiger partial charge in [0.2, 0.25) is 0 Å². The van der Waals surface area contributed by atoms with Crippen molar-refractivity contribution in [3.63, 3.8) is 0 Å². The highest BCUT2D eigenvalue weighted by molar-refractivity contribution is 8.00. The lowest BCUT2D eigenvalue weighted by atomic mass is 9.92. The van der Waals surface area contributed by atoms with E-state index in [4.69, 9.17) is 4.74 Å². The number of nitrogens with zero attached hydrogens (tertiary/aromatic N) is 5. The summed E-state index contributed by atoms with van der Waals surface area (Å²) in [5, 5.41) is 11.7. The molecule has 1 saturated heterocycles. The van der Waals surface area contributed by atoms with Gasteiger partial charge >= 0.3 is 0 Å². The van der Waals surface area contributed by atoms with E-state index < -0.39 is 0 Å². The van der Waals surface area contributed by atoms with Gasteiger partial charge in [0.25, 0.3) is 0 Å². The molecule has 4 heterocycles. The van der Waals surface area contributed by atoms with Crippen molar-refractivity contribution in [2.45, 2.75) is 69.9 Å². The maximum Gasteiger partial charge on any atom is 0.156 e. The first-order chi connectivity index (χ1) is 19.7. The van der Waals surface area contributed by atoms with E-state index in [-0.39, 0.29) is 4.75 Å². The van der Waals surface area contributed by atoms with Gasteiger partial charge in [-0.2, -0.15) is 5.10 Å². The minimum atomic E-state index is 0.0152. The van der Waals surface area contributed by atoms with E-state index in [1.165, 1.54) is 0 Å². The van der Waals surface area contributed by atoms with Crippen molar-refractivity contribution in [2.24, 2.45) is 5.92 Å². The predicted octanol–water partition coefficient (Wildman–Crippen LogP) is 6.89. The quantitative estimate of drug-likeness (QED) is 0.119. The lowest BCUT2D eigenvalue weighted by Gasteiger charge is -2.32. The molecule has 1 fully saturated rings. The van der Waals surface area contributed by atoms with Gasteiger partial charge in [0, 0.05) is 52.3 Å². The molecule has 10 heteroatoms. The molecule has 4 aromatic rings.